The highest BCUT2D eigenvalue weighted by Crippen LogP contribution is 2.14. The first kappa shape index (κ1) is 15.7. The third kappa shape index (κ3) is 3.76. The number of Topliss-reactive ketones (excluding diaryl/α,β-unsaturated/α-hetero) is 2. The Morgan fingerprint density at radius 3 is 1.71 bits per heavy atom. The van der Waals surface area contributed by atoms with Crippen molar-refractivity contribution in [1.29, 1.82) is 0 Å². The Balaban J connectivity index is 1.66. The van der Waals surface area contributed by atoms with Crippen LogP contribution in [0.15, 0.2) is 84.9 Å². The summed E-state index contributed by atoms with van der Waals surface area (Å²) in [6, 6.07) is 25.6. The van der Waals surface area contributed by atoms with E-state index in [1.54, 1.807) is 36.4 Å². The lowest BCUT2D eigenvalue weighted by molar-refractivity contribution is 0.0817. The van der Waals surface area contributed by atoms with Crippen molar-refractivity contribution in [1.82, 2.24) is 0 Å². The number of benzene rings is 3. The van der Waals surface area contributed by atoms with Crippen molar-refractivity contribution in [2.24, 2.45) is 0 Å². The summed E-state index contributed by atoms with van der Waals surface area (Å²) in [4.78, 5) is 24.4. The number of carbonyl (C=O) groups excluding carboxylic acids is 2. The van der Waals surface area contributed by atoms with E-state index in [2.05, 4.69) is 5.32 Å². The molecule has 0 atom stereocenters. The fourth-order valence-electron chi connectivity index (χ4n) is 2.39. The van der Waals surface area contributed by atoms with Gasteiger partial charge in [0.15, 0.2) is 0 Å². The molecule has 0 aliphatic carbocycles. The molecule has 0 aliphatic rings. The van der Waals surface area contributed by atoms with E-state index in [1.807, 2.05) is 48.5 Å². The number of anilines is 1. The number of hydrogen-bond acceptors (Lipinski definition) is 3. The van der Waals surface area contributed by atoms with Crippen molar-refractivity contribution in [3.05, 3.63) is 102 Å². The normalized spacial score (nSPS) is 10.2. The monoisotopic (exact) mass is 315 g/mol. The summed E-state index contributed by atoms with van der Waals surface area (Å²) in [6.07, 6.45) is 0. The van der Waals surface area contributed by atoms with Gasteiger partial charge in [-0.15, -0.1) is 0 Å². The molecule has 0 heterocycles. The molecule has 3 rings (SSSR count). The predicted octanol–water partition coefficient (Wildman–Crippen LogP) is 4.36. The number of ketones is 2. The lowest BCUT2D eigenvalue weighted by Gasteiger charge is -2.07. The van der Waals surface area contributed by atoms with E-state index in [1.165, 1.54) is 5.56 Å². The zero-order valence-electron chi connectivity index (χ0n) is 13.1. The van der Waals surface area contributed by atoms with Gasteiger partial charge in [-0.25, -0.2) is 0 Å². The summed E-state index contributed by atoms with van der Waals surface area (Å²) in [5.74, 6) is -0.976. The van der Waals surface area contributed by atoms with E-state index in [0.717, 1.165) is 5.69 Å². The summed E-state index contributed by atoms with van der Waals surface area (Å²) in [5.41, 5.74) is 2.89. The van der Waals surface area contributed by atoms with E-state index in [9.17, 15) is 9.59 Å². The molecule has 0 saturated carbocycles. The summed E-state index contributed by atoms with van der Waals surface area (Å²) in [6.45, 7) is 0.705. The minimum atomic E-state index is -0.490. The SMILES string of the molecule is O=C(C(=O)c1ccc(NCc2ccccc2)cc1)c1ccccc1. The molecule has 0 unspecified atom stereocenters. The first-order valence-corrected chi connectivity index (χ1v) is 7.76. The van der Waals surface area contributed by atoms with E-state index >= 15 is 0 Å². The van der Waals surface area contributed by atoms with Gasteiger partial charge in [-0.1, -0.05) is 60.7 Å². The molecule has 3 aromatic rings. The highest BCUT2D eigenvalue weighted by Gasteiger charge is 2.17. The van der Waals surface area contributed by atoms with Crippen LogP contribution in [-0.4, -0.2) is 11.6 Å². The topological polar surface area (TPSA) is 46.2 Å². The molecule has 24 heavy (non-hydrogen) atoms. The summed E-state index contributed by atoms with van der Waals surface area (Å²) in [7, 11) is 0. The van der Waals surface area contributed by atoms with E-state index in [-0.39, 0.29) is 0 Å². The molecule has 0 aromatic heterocycles. The van der Waals surface area contributed by atoms with Crippen LogP contribution in [0.1, 0.15) is 26.3 Å². The predicted molar refractivity (Wildman–Crippen MR) is 95.3 cm³/mol. The molecule has 0 fully saturated rings. The molecule has 3 aromatic carbocycles. The van der Waals surface area contributed by atoms with Crippen LogP contribution < -0.4 is 5.32 Å². The molecular weight excluding hydrogens is 298 g/mol. The van der Waals surface area contributed by atoms with Gasteiger partial charge in [0.1, 0.15) is 0 Å². The standard InChI is InChI=1S/C21H17NO2/c23-20(17-9-5-2-6-10-17)21(24)18-11-13-19(14-12-18)22-15-16-7-3-1-4-8-16/h1-14,22H,15H2. The van der Waals surface area contributed by atoms with Crippen molar-refractivity contribution in [2.45, 2.75) is 6.54 Å². The molecule has 118 valence electrons. The maximum absolute atomic E-state index is 12.3. The van der Waals surface area contributed by atoms with Crippen molar-refractivity contribution < 1.29 is 9.59 Å². The maximum Gasteiger partial charge on any atom is 0.233 e. The van der Waals surface area contributed by atoms with Crippen LogP contribution in [0.2, 0.25) is 0 Å². The summed E-state index contributed by atoms with van der Waals surface area (Å²) in [5, 5.41) is 3.29. The Morgan fingerprint density at radius 2 is 1.12 bits per heavy atom. The number of rotatable bonds is 6. The number of hydrogen-bond donors (Lipinski definition) is 1. The zero-order valence-corrected chi connectivity index (χ0v) is 13.1. The van der Waals surface area contributed by atoms with Gasteiger partial charge in [-0.05, 0) is 29.8 Å². The number of nitrogens with one attached hydrogen (secondary N) is 1. The van der Waals surface area contributed by atoms with Crippen molar-refractivity contribution in [3.8, 4) is 0 Å². The molecule has 0 bridgehead atoms. The fourth-order valence-corrected chi connectivity index (χ4v) is 2.39. The second-order valence-electron chi connectivity index (χ2n) is 5.44. The van der Waals surface area contributed by atoms with Gasteiger partial charge >= 0.3 is 0 Å². The molecule has 3 nitrogen and oxygen atoms in total. The first-order chi connectivity index (χ1) is 11.7. The van der Waals surface area contributed by atoms with Crippen molar-refractivity contribution in [3.63, 3.8) is 0 Å². The second kappa shape index (κ2) is 7.38. The van der Waals surface area contributed by atoms with Gasteiger partial charge in [0, 0.05) is 23.4 Å². The second-order valence-corrected chi connectivity index (χ2v) is 5.44. The van der Waals surface area contributed by atoms with Crippen LogP contribution >= 0.6 is 0 Å². The van der Waals surface area contributed by atoms with E-state index in [4.69, 9.17) is 0 Å². The highest BCUT2D eigenvalue weighted by molar-refractivity contribution is 6.49. The minimum absolute atomic E-state index is 0.397. The Kier molecular flexibility index (Phi) is 4.82. The Bertz CT molecular complexity index is 825. The van der Waals surface area contributed by atoms with Gasteiger partial charge in [0.25, 0.3) is 0 Å². The maximum atomic E-state index is 12.3. The van der Waals surface area contributed by atoms with Gasteiger partial charge in [0.05, 0.1) is 0 Å². The van der Waals surface area contributed by atoms with Gasteiger partial charge in [-0.2, -0.15) is 0 Å². The largest absolute Gasteiger partial charge is 0.381 e. The Morgan fingerprint density at radius 1 is 0.625 bits per heavy atom. The Hall–Kier alpha value is -3.20. The summed E-state index contributed by atoms with van der Waals surface area (Å²) < 4.78 is 0. The van der Waals surface area contributed by atoms with Gasteiger partial charge < -0.3 is 5.32 Å². The molecule has 0 spiro atoms. The lowest BCUT2D eigenvalue weighted by atomic mass is 10.0. The smallest absolute Gasteiger partial charge is 0.233 e. The Labute approximate surface area is 141 Å². The van der Waals surface area contributed by atoms with E-state index in [0.29, 0.717) is 17.7 Å². The third-order valence-electron chi connectivity index (χ3n) is 3.73. The zero-order chi connectivity index (χ0) is 16.8. The lowest BCUT2D eigenvalue weighted by Crippen LogP contribution is -2.14. The molecule has 1 N–H and O–H groups in total. The molecule has 0 saturated heterocycles. The van der Waals surface area contributed by atoms with Crippen LogP contribution in [-0.2, 0) is 6.54 Å². The number of carbonyl (C=O) groups is 2. The van der Waals surface area contributed by atoms with Crippen LogP contribution in [0.5, 0.6) is 0 Å². The molecule has 0 amide bonds. The molecule has 0 radical (unpaired) electrons. The van der Waals surface area contributed by atoms with Gasteiger partial charge in [0.2, 0.25) is 11.6 Å². The molecular formula is C21H17NO2. The highest BCUT2D eigenvalue weighted by atomic mass is 16.2. The first-order valence-electron chi connectivity index (χ1n) is 7.76. The van der Waals surface area contributed by atoms with Crippen LogP contribution in [0.4, 0.5) is 5.69 Å². The summed E-state index contributed by atoms with van der Waals surface area (Å²) >= 11 is 0. The minimum Gasteiger partial charge on any atom is -0.381 e. The van der Waals surface area contributed by atoms with E-state index < -0.39 is 11.6 Å². The van der Waals surface area contributed by atoms with Crippen LogP contribution in [0.3, 0.4) is 0 Å². The van der Waals surface area contributed by atoms with Crippen molar-refractivity contribution in [2.75, 3.05) is 5.32 Å². The third-order valence-corrected chi connectivity index (χ3v) is 3.73. The van der Waals surface area contributed by atoms with Crippen molar-refractivity contribution >= 4 is 17.3 Å². The quantitative estimate of drug-likeness (QED) is 0.543. The average Bonchev–Trinajstić information content (AvgIpc) is 2.67. The average molecular weight is 315 g/mol. The fraction of sp³-hybridized carbons (Fsp3) is 0.0476. The van der Waals surface area contributed by atoms with Crippen LogP contribution in [0, 0.1) is 0 Å². The molecule has 3 heteroatoms. The molecule has 0 aliphatic heterocycles. The van der Waals surface area contributed by atoms with Crippen LogP contribution in [0.25, 0.3) is 0 Å². The van der Waals surface area contributed by atoms with Gasteiger partial charge in [-0.3, -0.25) is 9.59 Å².